The molecule has 3 heterocycles. The molecule has 162 valence electrons. The van der Waals surface area contributed by atoms with Gasteiger partial charge in [-0.2, -0.15) is 0 Å². The van der Waals surface area contributed by atoms with E-state index in [1.165, 1.54) is 5.56 Å². The molecule has 4 rings (SSSR count). The first kappa shape index (κ1) is 22.1. The molecule has 2 aromatic heterocycles. The Bertz CT molecular complexity index is 1100. The number of nitrogens with one attached hydrogen (secondary N) is 1. The Balaban J connectivity index is 1.84. The van der Waals surface area contributed by atoms with Crippen LogP contribution in [0.1, 0.15) is 54.5 Å². The maximum Gasteiger partial charge on any atom is 0.170 e. The van der Waals surface area contributed by atoms with Gasteiger partial charge in [-0.05, 0) is 68.4 Å². The number of unbranched alkanes of at least 4 members (excludes halogenated alkanes) is 1. The van der Waals surface area contributed by atoms with E-state index in [0.717, 1.165) is 47.3 Å². The predicted octanol–water partition coefficient (Wildman–Crippen LogP) is 6.57. The van der Waals surface area contributed by atoms with Crippen LogP contribution in [0.3, 0.4) is 0 Å². The number of aryl methyl sites for hydroxylation is 1. The molecular formula is C24H26Cl2N4S. The van der Waals surface area contributed by atoms with Gasteiger partial charge in [0.1, 0.15) is 0 Å². The third kappa shape index (κ3) is 4.07. The summed E-state index contributed by atoms with van der Waals surface area (Å²) in [6, 6.07) is 14.0. The van der Waals surface area contributed by atoms with Crippen LogP contribution in [0.5, 0.6) is 0 Å². The molecule has 0 radical (unpaired) electrons. The molecule has 7 heteroatoms. The molecular weight excluding hydrogens is 447 g/mol. The molecule has 4 nitrogen and oxygen atoms in total. The minimum atomic E-state index is -0.0191. The van der Waals surface area contributed by atoms with Crippen molar-refractivity contribution < 1.29 is 0 Å². The van der Waals surface area contributed by atoms with Crippen molar-refractivity contribution in [2.75, 3.05) is 6.54 Å². The van der Waals surface area contributed by atoms with E-state index in [1.807, 2.05) is 36.5 Å². The zero-order chi connectivity index (χ0) is 22.1. The highest BCUT2D eigenvalue weighted by Crippen LogP contribution is 2.42. The average molecular weight is 473 g/mol. The Kier molecular flexibility index (Phi) is 6.56. The fourth-order valence-corrected chi connectivity index (χ4v) is 5.15. The van der Waals surface area contributed by atoms with Gasteiger partial charge in [-0.25, -0.2) is 0 Å². The van der Waals surface area contributed by atoms with Crippen molar-refractivity contribution >= 4 is 40.5 Å². The third-order valence-corrected chi connectivity index (χ3v) is 7.07. The molecule has 3 aromatic rings. The molecule has 1 aliphatic rings. The van der Waals surface area contributed by atoms with Gasteiger partial charge < -0.3 is 14.8 Å². The standard InChI is InChI=1S/C24H26Cl2N4S/c1-4-5-13-29-23(22(28-24(29)31)19-10-6-7-12-27-19)17-14-15(2)30(16(17)3)20-11-8-9-18(25)21(20)26/h6-12,14,22-23H,4-5,13H2,1-3H3,(H,28,31)/t22-,23+/m0/s1. The molecule has 1 aromatic carbocycles. The second-order valence-electron chi connectivity index (χ2n) is 7.91. The van der Waals surface area contributed by atoms with Crippen molar-refractivity contribution in [3.63, 3.8) is 0 Å². The summed E-state index contributed by atoms with van der Waals surface area (Å²) in [6.45, 7) is 7.33. The summed E-state index contributed by atoms with van der Waals surface area (Å²) in [6.07, 6.45) is 4.02. The monoisotopic (exact) mass is 472 g/mol. The Hall–Kier alpha value is -2.08. The van der Waals surface area contributed by atoms with Gasteiger partial charge in [-0.15, -0.1) is 0 Å². The smallest absolute Gasteiger partial charge is 0.170 e. The SMILES string of the molecule is CCCCN1C(=S)N[C@@H](c2ccccn2)[C@H]1c1cc(C)n(-c2cccc(Cl)c2Cl)c1C. The van der Waals surface area contributed by atoms with Crippen molar-refractivity contribution in [2.24, 2.45) is 0 Å². The number of hydrogen-bond donors (Lipinski definition) is 1. The van der Waals surface area contributed by atoms with Crippen LogP contribution in [0.25, 0.3) is 5.69 Å². The molecule has 1 N–H and O–H groups in total. The first-order valence-electron chi connectivity index (χ1n) is 10.5. The van der Waals surface area contributed by atoms with Crippen LogP contribution in [0.15, 0.2) is 48.7 Å². The van der Waals surface area contributed by atoms with E-state index in [2.05, 4.69) is 52.7 Å². The number of pyridine rings is 1. The zero-order valence-corrected chi connectivity index (χ0v) is 20.2. The number of rotatable bonds is 6. The van der Waals surface area contributed by atoms with Gasteiger partial charge in [0.2, 0.25) is 0 Å². The Labute approximate surface area is 199 Å². The molecule has 1 saturated heterocycles. The zero-order valence-electron chi connectivity index (χ0n) is 17.9. The molecule has 31 heavy (non-hydrogen) atoms. The lowest BCUT2D eigenvalue weighted by atomic mass is 9.96. The maximum absolute atomic E-state index is 6.58. The molecule has 0 bridgehead atoms. The normalized spacial score (nSPS) is 18.5. The summed E-state index contributed by atoms with van der Waals surface area (Å²) in [5.41, 5.74) is 5.32. The molecule has 1 fully saturated rings. The van der Waals surface area contributed by atoms with E-state index >= 15 is 0 Å². The molecule has 0 aliphatic carbocycles. The van der Waals surface area contributed by atoms with Crippen LogP contribution in [0, 0.1) is 13.8 Å². The van der Waals surface area contributed by atoms with E-state index in [0.29, 0.717) is 10.0 Å². The Morgan fingerprint density at radius 3 is 2.65 bits per heavy atom. The fourth-order valence-electron chi connectivity index (χ4n) is 4.44. The van der Waals surface area contributed by atoms with Crippen LogP contribution in [-0.4, -0.2) is 26.1 Å². The van der Waals surface area contributed by atoms with Crippen LogP contribution >= 0.6 is 35.4 Å². The largest absolute Gasteiger partial charge is 0.352 e. The minimum Gasteiger partial charge on any atom is -0.352 e. The van der Waals surface area contributed by atoms with Gasteiger partial charge in [0, 0.05) is 24.1 Å². The van der Waals surface area contributed by atoms with Crippen molar-refractivity contribution in [3.05, 3.63) is 81.4 Å². The summed E-state index contributed by atoms with van der Waals surface area (Å²) in [5, 5.41) is 5.42. The molecule has 0 saturated carbocycles. The van der Waals surface area contributed by atoms with Gasteiger partial charge in [0.25, 0.3) is 0 Å². The van der Waals surface area contributed by atoms with Crippen molar-refractivity contribution in [3.8, 4) is 5.69 Å². The minimum absolute atomic E-state index is 0.0191. The van der Waals surface area contributed by atoms with Gasteiger partial charge in [0.15, 0.2) is 5.11 Å². The molecule has 0 spiro atoms. The highest BCUT2D eigenvalue weighted by atomic mass is 35.5. The van der Waals surface area contributed by atoms with Gasteiger partial charge in [-0.1, -0.05) is 48.7 Å². The number of hydrogen-bond acceptors (Lipinski definition) is 2. The predicted molar refractivity (Wildman–Crippen MR) is 132 cm³/mol. The van der Waals surface area contributed by atoms with Crippen LogP contribution in [-0.2, 0) is 0 Å². The number of thiocarbonyl (C=S) groups is 1. The van der Waals surface area contributed by atoms with Crippen molar-refractivity contribution in [1.82, 2.24) is 19.8 Å². The number of nitrogens with zero attached hydrogens (tertiary/aromatic N) is 3. The van der Waals surface area contributed by atoms with E-state index in [9.17, 15) is 0 Å². The Morgan fingerprint density at radius 2 is 1.94 bits per heavy atom. The molecule has 1 aliphatic heterocycles. The molecule has 0 amide bonds. The summed E-state index contributed by atoms with van der Waals surface area (Å²) in [4.78, 5) is 6.94. The molecule has 0 unspecified atom stereocenters. The van der Waals surface area contributed by atoms with Crippen molar-refractivity contribution in [2.45, 2.75) is 45.7 Å². The lowest BCUT2D eigenvalue weighted by Gasteiger charge is -2.28. The van der Waals surface area contributed by atoms with E-state index in [4.69, 9.17) is 35.4 Å². The fraction of sp³-hybridized carbons (Fsp3) is 0.333. The van der Waals surface area contributed by atoms with E-state index in [1.54, 1.807) is 0 Å². The van der Waals surface area contributed by atoms with Gasteiger partial charge in [-0.3, -0.25) is 4.98 Å². The van der Waals surface area contributed by atoms with E-state index < -0.39 is 0 Å². The highest BCUT2D eigenvalue weighted by Gasteiger charge is 2.41. The van der Waals surface area contributed by atoms with Crippen LogP contribution in [0.2, 0.25) is 10.0 Å². The topological polar surface area (TPSA) is 33.1 Å². The summed E-state index contributed by atoms with van der Waals surface area (Å²) in [5.74, 6) is 0. The number of halogens is 2. The number of aromatic nitrogens is 2. The van der Waals surface area contributed by atoms with E-state index in [-0.39, 0.29) is 12.1 Å². The van der Waals surface area contributed by atoms with Crippen LogP contribution < -0.4 is 5.32 Å². The molecule has 2 atom stereocenters. The number of benzene rings is 1. The quantitative estimate of drug-likeness (QED) is 0.411. The summed E-state index contributed by atoms with van der Waals surface area (Å²) in [7, 11) is 0. The maximum atomic E-state index is 6.58. The first-order chi connectivity index (χ1) is 14.9. The Morgan fingerprint density at radius 1 is 1.13 bits per heavy atom. The van der Waals surface area contributed by atoms with Gasteiger partial charge >= 0.3 is 0 Å². The lowest BCUT2D eigenvalue weighted by molar-refractivity contribution is 0.312. The average Bonchev–Trinajstić information content (AvgIpc) is 3.24. The van der Waals surface area contributed by atoms with Crippen LogP contribution in [0.4, 0.5) is 0 Å². The second kappa shape index (κ2) is 9.19. The first-order valence-corrected chi connectivity index (χ1v) is 11.7. The lowest BCUT2D eigenvalue weighted by Crippen LogP contribution is -2.30. The van der Waals surface area contributed by atoms with Crippen molar-refractivity contribution in [1.29, 1.82) is 0 Å². The van der Waals surface area contributed by atoms with Gasteiger partial charge in [0.05, 0.1) is 33.5 Å². The second-order valence-corrected chi connectivity index (χ2v) is 9.08. The highest BCUT2D eigenvalue weighted by molar-refractivity contribution is 7.80. The summed E-state index contributed by atoms with van der Waals surface area (Å²) < 4.78 is 2.18. The third-order valence-electron chi connectivity index (χ3n) is 5.91. The summed E-state index contributed by atoms with van der Waals surface area (Å²) >= 11 is 18.7.